The summed E-state index contributed by atoms with van der Waals surface area (Å²) >= 11 is 12.3. The van der Waals surface area contributed by atoms with Gasteiger partial charge in [0.25, 0.3) is 5.91 Å². The molecule has 0 fully saturated rings. The predicted molar refractivity (Wildman–Crippen MR) is 143 cm³/mol. The van der Waals surface area contributed by atoms with Crippen LogP contribution in [0, 0.1) is 0 Å². The van der Waals surface area contributed by atoms with Crippen LogP contribution in [-0.4, -0.2) is 25.1 Å². The fraction of sp³-hybridized carbons (Fsp3) is 0.0455. The Morgan fingerprint density at radius 1 is 1.06 bits per heavy atom. The second-order valence-corrected chi connectivity index (χ2v) is 10.9. The van der Waals surface area contributed by atoms with Gasteiger partial charge in [0.15, 0.2) is 10.8 Å². The molecule has 0 bridgehead atoms. The van der Waals surface area contributed by atoms with E-state index >= 15 is 0 Å². The third-order valence-corrected chi connectivity index (χ3v) is 7.12. The van der Waals surface area contributed by atoms with Gasteiger partial charge in [-0.2, -0.15) is 5.10 Å². The largest absolute Gasteiger partial charge is 0.330 e. The number of carbonyl (C=O) groups excluding carboxylic acids is 1. The molecule has 1 aliphatic rings. The van der Waals surface area contributed by atoms with Gasteiger partial charge in [-0.05, 0) is 58.0 Å². The Labute approximate surface area is 218 Å². The van der Waals surface area contributed by atoms with Gasteiger partial charge in [0.05, 0.1) is 17.9 Å². The lowest BCUT2D eigenvalue weighted by molar-refractivity contribution is -0.112. The van der Waals surface area contributed by atoms with Crippen molar-refractivity contribution >= 4 is 82.2 Å². The Hall–Kier alpha value is -2.64. The second-order valence-electron chi connectivity index (χ2n) is 7.23. The zero-order valence-electron chi connectivity index (χ0n) is 17.3. The van der Waals surface area contributed by atoms with Crippen LogP contribution in [0.15, 0.2) is 85.7 Å². The minimum Gasteiger partial charge on any atom is -0.330 e. The van der Waals surface area contributed by atoms with E-state index in [9.17, 15) is 13.2 Å². The molecule has 4 N–H and O–H groups in total. The number of hydrogen-bond donors (Lipinski definition) is 3. The predicted octanol–water partition coefficient (Wildman–Crippen LogP) is 4.10. The van der Waals surface area contributed by atoms with E-state index in [4.69, 9.17) is 17.4 Å². The topological polar surface area (TPSA) is 117 Å². The summed E-state index contributed by atoms with van der Waals surface area (Å²) in [6, 6.07) is 19.3. The van der Waals surface area contributed by atoms with E-state index in [1.54, 1.807) is 23.1 Å². The van der Waals surface area contributed by atoms with E-state index in [0.29, 0.717) is 17.8 Å². The van der Waals surface area contributed by atoms with Gasteiger partial charge in [-0.1, -0.05) is 58.4 Å². The fourth-order valence-corrected chi connectivity index (χ4v) is 5.75. The van der Waals surface area contributed by atoms with Gasteiger partial charge in [-0.25, -0.2) is 13.6 Å². The molecule has 34 heavy (non-hydrogen) atoms. The Kier molecular flexibility index (Phi) is 7.14. The van der Waals surface area contributed by atoms with Crippen LogP contribution >= 0.6 is 44.1 Å². The highest BCUT2D eigenvalue weighted by molar-refractivity contribution is 9.11. The molecule has 1 aliphatic heterocycles. The van der Waals surface area contributed by atoms with Gasteiger partial charge in [-0.3, -0.25) is 10.2 Å². The standard InChI is InChI=1S/C22H17Br2N5O3S2/c23-14-10-15-19(27-28-22(33)26-17-8-4-5-9-18(17)34(25,31)32)21(30)29(20(15)16(24)11-14)12-13-6-2-1-3-7-13/h1-11H,12H2,(H2,25,31,32)(H2,26,28,33). The van der Waals surface area contributed by atoms with Crippen LogP contribution in [0.3, 0.4) is 0 Å². The van der Waals surface area contributed by atoms with Crippen molar-refractivity contribution in [3.63, 3.8) is 0 Å². The molecule has 0 aliphatic carbocycles. The number of nitrogens with zero attached hydrogens (tertiary/aromatic N) is 2. The fourth-order valence-electron chi connectivity index (χ4n) is 3.47. The molecule has 0 saturated carbocycles. The zero-order valence-corrected chi connectivity index (χ0v) is 22.1. The number of amides is 1. The molecule has 0 radical (unpaired) electrons. The van der Waals surface area contributed by atoms with Crippen molar-refractivity contribution < 1.29 is 13.2 Å². The maximum absolute atomic E-state index is 13.3. The maximum atomic E-state index is 13.3. The van der Waals surface area contributed by atoms with E-state index < -0.39 is 10.0 Å². The lowest BCUT2D eigenvalue weighted by atomic mass is 10.1. The van der Waals surface area contributed by atoms with Crippen LogP contribution in [0.4, 0.5) is 11.4 Å². The van der Waals surface area contributed by atoms with Gasteiger partial charge in [0, 0.05) is 14.5 Å². The van der Waals surface area contributed by atoms with Crippen LogP contribution in [0.2, 0.25) is 0 Å². The molecule has 1 heterocycles. The number of benzene rings is 3. The van der Waals surface area contributed by atoms with Gasteiger partial charge in [-0.15, -0.1) is 0 Å². The molecule has 3 aromatic carbocycles. The van der Waals surface area contributed by atoms with Crippen molar-refractivity contribution in [1.82, 2.24) is 5.43 Å². The van der Waals surface area contributed by atoms with Crippen LogP contribution in [0.1, 0.15) is 11.1 Å². The van der Waals surface area contributed by atoms with Crippen molar-refractivity contribution in [3.8, 4) is 0 Å². The van der Waals surface area contributed by atoms with E-state index in [-0.39, 0.29) is 27.3 Å². The Balaban J connectivity index is 1.63. The SMILES string of the molecule is NS(=O)(=O)c1ccccc1NC(=S)NN=C1C(=O)N(Cc2ccccc2)c2c(Br)cc(Br)cc21. The van der Waals surface area contributed by atoms with E-state index in [1.807, 2.05) is 36.4 Å². The number of fused-ring (bicyclic) bond motifs is 1. The number of para-hydroxylation sites is 1. The molecule has 0 saturated heterocycles. The van der Waals surface area contributed by atoms with Crippen molar-refractivity contribution in [3.05, 3.63) is 86.8 Å². The minimum absolute atomic E-state index is 0.00600. The smallest absolute Gasteiger partial charge is 0.279 e. The number of thiocarbonyl (C=S) groups is 1. The molecule has 0 atom stereocenters. The number of anilines is 2. The van der Waals surface area contributed by atoms with Crippen molar-refractivity contribution in [2.75, 3.05) is 10.2 Å². The normalized spacial score (nSPS) is 14.3. The lowest BCUT2D eigenvalue weighted by Crippen LogP contribution is -2.32. The summed E-state index contributed by atoms with van der Waals surface area (Å²) in [6.45, 7) is 0.357. The number of nitrogens with one attached hydrogen (secondary N) is 2. The highest BCUT2D eigenvalue weighted by Crippen LogP contribution is 2.39. The Morgan fingerprint density at radius 3 is 2.44 bits per heavy atom. The first-order chi connectivity index (χ1) is 16.1. The van der Waals surface area contributed by atoms with E-state index in [1.165, 1.54) is 12.1 Å². The Morgan fingerprint density at radius 2 is 1.74 bits per heavy atom. The highest BCUT2D eigenvalue weighted by Gasteiger charge is 2.36. The first-order valence-electron chi connectivity index (χ1n) is 9.77. The summed E-state index contributed by atoms with van der Waals surface area (Å²) in [6.07, 6.45) is 0. The monoisotopic (exact) mass is 621 g/mol. The Bertz CT molecular complexity index is 1430. The molecule has 8 nitrogen and oxygen atoms in total. The quantitative estimate of drug-likeness (QED) is 0.291. The molecule has 0 spiro atoms. The van der Waals surface area contributed by atoms with Crippen LogP contribution < -0.4 is 20.8 Å². The van der Waals surface area contributed by atoms with Crippen molar-refractivity contribution in [1.29, 1.82) is 0 Å². The summed E-state index contributed by atoms with van der Waals surface area (Å²) in [5, 5.41) is 12.3. The van der Waals surface area contributed by atoms with E-state index in [2.05, 4.69) is 47.7 Å². The van der Waals surface area contributed by atoms with Gasteiger partial charge in [0.2, 0.25) is 10.0 Å². The average Bonchev–Trinajstić information content (AvgIpc) is 3.03. The second kappa shape index (κ2) is 9.92. The van der Waals surface area contributed by atoms with Crippen molar-refractivity contribution in [2.45, 2.75) is 11.4 Å². The minimum atomic E-state index is -3.96. The zero-order chi connectivity index (χ0) is 24.5. The molecule has 0 aromatic heterocycles. The highest BCUT2D eigenvalue weighted by atomic mass is 79.9. The van der Waals surface area contributed by atoms with Gasteiger partial charge < -0.3 is 10.2 Å². The third kappa shape index (κ3) is 5.20. The first-order valence-corrected chi connectivity index (χ1v) is 13.3. The molecule has 174 valence electrons. The molecule has 1 amide bonds. The van der Waals surface area contributed by atoms with Gasteiger partial charge >= 0.3 is 0 Å². The summed E-state index contributed by atoms with van der Waals surface area (Å²) in [7, 11) is -3.96. The lowest BCUT2D eigenvalue weighted by Gasteiger charge is -2.18. The van der Waals surface area contributed by atoms with Gasteiger partial charge in [0.1, 0.15) is 4.90 Å². The molecular weight excluding hydrogens is 606 g/mol. The van der Waals surface area contributed by atoms with Crippen LogP contribution in [-0.2, 0) is 21.4 Å². The molecule has 3 aromatic rings. The number of rotatable bonds is 5. The molecule has 12 heteroatoms. The molecule has 0 unspecified atom stereocenters. The van der Waals surface area contributed by atoms with Crippen LogP contribution in [0.25, 0.3) is 0 Å². The third-order valence-electron chi connectivity index (χ3n) is 4.90. The van der Waals surface area contributed by atoms with Crippen LogP contribution in [0.5, 0.6) is 0 Å². The number of nitrogens with two attached hydrogens (primary N) is 1. The average molecular weight is 623 g/mol. The summed E-state index contributed by atoms with van der Waals surface area (Å²) in [5.74, 6) is -0.308. The number of carbonyl (C=O) groups is 1. The number of hydrazone groups is 1. The number of halogens is 2. The maximum Gasteiger partial charge on any atom is 0.279 e. The molecular formula is C22H17Br2N5O3S2. The number of sulfonamides is 1. The molecule has 4 rings (SSSR count). The van der Waals surface area contributed by atoms with Crippen molar-refractivity contribution in [2.24, 2.45) is 10.2 Å². The number of primary sulfonamides is 1. The number of hydrogen-bond acceptors (Lipinski definition) is 5. The van der Waals surface area contributed by atoms with E-state index in [0.717, 1.165) is 14.5 Å². The first kappa shape index (κ1) is 24.5. The summed E-state index contributed by atoms with van der Waals surface area (Å²) in [5.41, 5.74) is 5.26. The summed E-state index contributed by atoms with van der Waals surface area (Å²) < 4.78 is 25.1. The summed E-state index contributed by atoms with van der Waals surface area (Å²) in [4.78, 5) is 14.9.